The van der Waals surface area contributed by atoms with Crippen LogP contribution in [0.3, 0.4) is 0 Å². The van der Waals surface area contributed by atoms with Gasteiger partial charge in [-0.05, 0) is 42.3 Å². The van der Waals surface area contributed by atoms with Crippen LogP contribution in [0.15, 0.2) is 40.6 Å². The van der Waals surface area contributed by atoms with Gasteiger partial charge in [-0.25, -0.2) is 8.42 Å². The van der Waals surface area contributed by atoms with E-state index >= 15 is 0 Å². The van der Waals surface area contributed by atoms with Gasteiger partial charge in [0.05, 0.1) is 9.77 Å². The molecule has 0 bridgehead atoms. The maximum atomic E-state index is 13.1. The molecule has 1 fully saturated rings. The fourth-order valence-electron chi connectivity index (χ4n) is 3.48. The number of hydrogen-bond acceptors (Lipinski definition) is 6. The number of sulfonamides is 1. The molecule has 2 aromatic rings. The Balaban J connectivity index is 1.42. The van der Waals surface area contributed by atoms with E-state index in [0.29, 0.717) is 49.2 Å². The molecule has 1 aromatic carbocycles. The van der Waals surface area contributed by atoms with Crippen LogP contribution < -0.4 is 14.8 Å². The summed E-state index contributed by atoms with van der Waals surface area (Å²) in [4.78, 5) is 13.0. The fraction of sp³-hybridized carbons (Fsp3) is 0.421. The van der Waals surface area contributed by atoms with Crippen molar-refractivity contribution >= 4 is 27.3 Å². The van der Waals surface area contributed by atoms with Gasteiger partial charge in [-0.3, -0.25) is 4.79 Å². The molecule has 0 saturated carbocycles. The van der Waals surface area contributed by atoms with Crippen molar-refractivity contribution in [2.45, 2.75) is 17.7 Å². The predicted octanol–water partition coefficient (Wildman–Crippen LogP) is 2.35. The molecule has 0 aliphatic carbocycles. The lowest BCUT2D eigenvalue weighted by Crippen LogP contribution is -2.43. The molecule has 3 heterocycles. The average molecular weight is 423 g/mol. The highest BCUT2D eigenvalue weighted by atomic mass is 32.2. The SMILES string of the molecule is O=C(NCC1CCCN(S(=O)(=O)c2ccc3c(c2)OCCO3)C1)c1cccs1. The second-order valence-electron chi connectivity index (χ2n) is 6.86. The molecule has 0 radical (unpaired) electrons. The van der Waals surface area contributed by atoms with Crippen LogP contribution in [0.25, 0.3) is 0 Å². The molecular formula is C19H22N2O5S2. The lowest BCUT2D eigenvalue weighted by Gasteiger charge is -2.32. The molecule has 1 atom stereocenters. The number of piperidine rings is 1. The second-order valence-corrected chi connectivity index (χ2v) is 9.75. The van der Waals surface area contributed by atoms with E-state index in [1.807, 2.05) is 11.4 Å². The Labute approximate surface area is 168 Å². The highest BCUT2D eigenvalue weighted by molar-refractivity contribution is 7.89. The number of nitrogens with one attached hydrogen (secondary N) is 1. The fourth-order valence-corrected chi connectivity index (χ4v) is 5.69. The first kappa shape index (κ1) is 19.2. The minimum atomic E-state index is -3.62. The zero-order valence-electron chi connectivity index (χ0n) is 15.3. The van der Waals surface area contributed by atoms with Crippen molar-refractivity contribution < 1.29 is 22.7 Å². The van der Waals surface area contributed by atoms with Crippen molar-refractivity contribution in [2.75, 3.05) is 32.8 Å². The Bertz CT molecular complexity index is 943. The summed E-state index contributed by atoms with van der Waals surface area (Å²) in [5.41, 5.74) is 0. The summed E-state index contributed by atoms with van der Waals surface area (Å²) in [6.45, 7) is 2.20. The molecule has 1 amide bonds. The van der Waals surface area contributed by atoms with Crippen molar-refractivity contribution in [3.63, 3.8) is 0 Å². The minimum Gasteiger partial charge on any atom is -0.486 e. The average Bonchev–Trinajstić information content (AvgIpc) is 3.27. The number of hydrogen-bond donors (Lipinski definition) is 1. The van der Waals surface area contributed by atoms with E-state index in [2.05, 4.69) is 5.32 Å². The van der Waals surface area contributed by atoms with Gasteiger partial charge in [0.25, 0.3) is 5.91 Å². The van der Waals surface area contributed by atoms with Crippen molar-refractivity contribution in [1.82, 2.24) is 9.62 Å². The zero-order chi connectivity index (χ0) is 19.6. The molecule has 1 aromatic heterocycles. The Morgan fingerprint density at radius 1 is 1.21 bits per heavy atom. The number of benzene rings is 1. The number of nitrogens with zero attached hydrogens (tertiary/aromatic N) is 1. The molecule has 28 heavy (non-hydrogen) atoms. The highest BCUT2D eigenvalue weighted by Crippen LogP contribution is 2.34. The Hall–Kier alpha value is -2.10. The molecule has 1 unspecified atom stereocenters. The molecular weight excluding hydrogens is 400 g/mol. The van der Waals surface area contributed by atoms with Crippen LogP contribution in [0.5, 0.6) is 11.5 Å². The van der Waals surface area contributed by atoms with Gasteiger partial charge in [-0.2, -0.15) is 4.31 Å². The van der Waals surface area contributed by atoms with Crippen LogP contribution >= 0.6 is 11.3 Å². The predicted molar refractivity (Wildman–Crippen MR) is 106 cm³/mol. The van der Waals surface area contributed by atoms with Crippen LogP contribution in [0.2, 0.25) is 0 Å². The van der Waals surface area contributed by atoms with Crippen molar-refractivity contribution in [2.24, 2.45) is 5.92 Å². The lowest BCUT2D eigenvalue weighted by molar-refractivity contribution is 0.0945. The highest BCUT2D eigenvalue weighted by Gasteiger charge is 2.31. The van der Waals surface area contributed by atoms with Gasteiger partial charge in [0.1, 0.15) is 13.2 Å². The summed E-state index contributed by atoms with van der Waals surface area (Å²) < 4.78 is 38.7. The molecule has 2 aliphatic heterocycles. The number of ether oxygens (including phenoxy) is 2. The quantitative estimate of drug-likeness (QED) is 0.800. The van der Waals surface area contributed by atoms with Crippen molar-refractivity contribution in [3.05, 3.63) is 40.6 Å². The van der Waals surface area contributed by atoms with E-state index in [9.17, 15) is 13.2 Å². The van der Waals surface area contributed by atoms with E-state index in [-0.39, 0.29) is 16.7 Å². The second kappa shape index (κ2) is 8.10. The Morgan fingerprint density at radius 3 is 2.82 bits per heavy atom. The third-order valence-corrected chi connectivity index (χ3v) is 7.66. The molecule has 4 rings (SSSR count). The van der Waals surface area contributed by atoms with Crippen molar-refractivity contribution in [1.29, 1.82) is 0 Å². The maximum absolute atomic E-state index is 13.1. The molecule has 1 saturated heterocycles. The van der Waals surface area contributed by atoms with E-state index in [1.54, 1.807) is 18.2 Å². The molecule has 1 N–H and O–H groups in total. The van der Waals surface area contributed by atoms with Gasteiger partial charge in [-0.1, -0.05) is 6.07 Å². The number of rotatable bonds is 5. The van der Waals surface area contributed by atoms with Gasteiger partial charge in [-0.15, -0.1) is 11.3 Å². The smallest absolute Gasteiger partial charge is 0.261 e. The van der Waals surface area contributed by atoms with Gasteiger partial charge in [0.2, 0.25) is 10.0 Å². The van der Waals surface area contributed by atoms with E-state index in [4.69, 9.17) is 9.47 Å². The Kier molecular flexibility index (Phi) is 5.56. The lowest BCUT2D eigenvalue weighted by atomic mass is 10.00. The third-order valence-electron chi connectivity index (χ3n) is 4.93. The van der Waals surface area contributed by atoms with E-state index < -0.39 is 10.0 Å². The number of carbonyl (C=O) groups is 1. The van der Waals surface area contributed by atoms with Crippen LogP contribution in [0.1, 0.15) is 22.5 Å². The summed E-state index contributed by atoms with van der Waals surface area (Å²) >= 11 is 1.39. The largest absolute Gasteiger partial charge is 0.486 e. The van der Waals surface area contributed by atoms with Gasteiger partial charge in [0.15, 0.2) is 11.5 Å². The molecule has 2 aliphatic rings. The van der Waals surface area contributed by atoms with Crippen molar-refractivity contribution in [3.8, 4) is 11.5 Å². The minimum absolute atomic E-state index is 0.0876. The van der Waals surface area contributed by atoms with E-state index in [1.165, 1.54) is 21.7 Å². The topological polar surface area (TPSA) is 84.9 Å². The molecule has 7 nitrogen and oxygen atoms in total. The summed E-state index contributed by atoms with van der Waals surface area (Å²) in [6, 6.07) is 8.35. The van der Waals surface area contributed by atoms with Crippen LogP contribution in [0, 0.1) is 5.92 Å². The standard InChI is InChI=1S/C19H22N2O5S2/c22-19(18-4-2-10-27-18)20-12-14-3-1-7-21(13-14)28(23,24)15-5-6-16-17(11-15)26-9-8-25-16/h2,4-6,10-11,14H,1,3,7-9,12-13H2,(H,20,22). The summed E-state index contributed by atoms with van der Waals surface area (Å²) in [6.07, 6.45) is 1.65. The van der Waals surface area contributed by atoms with Crippen LogP contribution in [-0.2, 0) is 10.0 Å². The Morgan fingerprint density at radius 2 is 2.04 bits per heavy atom. The number of amides is 1. The molecule has 9 heteroatoms. The number of thiophene rings is 1. The van der Waals surface area contributed by atoms with Gasteiger partial charge >= 0.3 is 0 Å². The third kappa shape index (κ3) is 4.01. The number of fused-ring (bicyclic) bond motifs is 1. The van der Waals surface area contributed by atoms with E-state index in [0.717, 1.165) is 12.8 Å². The normalized spacial score (nSPS) is 19.9. The first-order valence-electron chi connectivity index (χ1n) is 9.25. The summed E-state index contributed by atoms with van der Waals surface area (Å²) in [7, 11) is -3.62. The monoisotopic (exact) mass is 422 g/mol. The first-order chi connectivity index (χ1) is 13.5. The number of carbonyl (C=O) groups excluding carboxylic acids is 1. The van der Waals surface area contributed by atoms with Crippen LogP contribution in [0.4, 0.5) is 0 Å². The molecule has 0 spiro atoms. The first-order valence-corrected chi connectivity index (χ1v) is 11.6. The summed E-state index contributed by atoms with van der Waals surface area (Å²) in [5, 5.41) is 4.78. The summed E-state index contributed by atoms with van der Waals surface area (Å²) in [5.74, 6) is 1.01. The van der Waals surface area contributed by atoms with Crippen LogP contribution in [-0.4, -0.2) is 51.5 Å². The van der Waals surface area contributed by atoms with Gasteiger partial charge < -0.3 is 14.8 Å². The zero-order valence-corrected chi connectivity index (χ0v) is 16.9. The maximum Gasteiger partial charge on any atom is 0.261 e. The van der Waals surface area contributed by atoms with Gasteiger partial charge in [0, 0.05) is 25.7 Å². The molecule has 150 valence electrons.